The van der Waals surface area contributed by atoms with E-state index in [2.05, 4.69) is 30.9 Å². The molecule has 2 aromatic carbocycles. The third kappa shape index (κ3) is 5.87. The van der Waals surface area contributed by atoms with Gasteiger partial charge in [-0.2, -0.15) is 0 Å². The minimum atomic E-state index is -1.17. The molecular weight excluding hydrogens is 566 g/mol. The quantitative estimate of drug-likeness (QED) is 0.226. The van der Waals surface area contributed by atoms with Crippen LogP contribution in [0.2, 0.25) is 0 Å². The van der Waals surface area contributed by atoms with Crippen molar-refractivity contribution in [2.45, 2.75) is 37.9 Å². The van der Waals surface area contributed by atoms with Crippen molar-refractivity contribution < 1.29 is 29.0 Å². The van der Waals surface area contributed by atoms with Crippen molar-refractivity contribution in [3.05, 3.63) is 90.0 Å². The number of amides is 3. The Kier molecular flexibility index (Phi) is 8.30. The van der Waals surface area contributed by atoms with E-state index in [9.17, 15) is 19.5 Å². The van der Waals surface area contributed by atoms with Crippen LogP contribution >= 0.6 is 0 Å². The number of imidazole rings is 1. The first-order valence-electron chi connectivity index (χ1n) is 14.3. The number of rotatable bonds is 9. The van der Waals surface area contributed by atoms with Gasteiger partial charge in [0.15, 0.2) is 23.3 Å². The van der Waals surface area contributed by atoms with E-state index in [0.717, 1.165) is 5.56 Å². The molecule has 5 atom stereocenters. The van der Waals surface area contributed by atoms with Crippen molar-refractivity contribution in [1.82, 2.24) is 30.2 Å². The predicted octanol–water partition coefficient (Wildman–Crippen LogP) is 3.48. The lowest BCUT2D eigenvalue weighted by atomic mass is 10.0. The van der Waals surface area contributed by atoms with Crippen LogP contribution < -0.4 is 16.0 Å². The van der Waals surface area contributed by atoms with Crippen LogP contribution in [-0.4, -0.2) is 74.1 Å². The largest absolute Gasteiger partial charge is 0.478 e. The Morgan fingerprint density at radius 1 is 0.977 bits per heavy atom. The fourth-order valence-corrected chi connectivity index (χ4v) is 5.77. The fraction of sp³-hybridized carbons (Fsp3) is 0.290. The zero-order chi connectivity index (χ0) is 30.6. The van der Waals surface area contributed by atoms with Gasteiger partial charge in [-0.1, -0.05) is 48.5 Å². The van der Waals surface area contributed by atoms with Crippen LogP contribution in [0.3, 0.4) is 0 Å². The number of carboxylic acids is 1. The summed E-state index contributed by atoms with van der Waals surface area (Å²) >= 11 is 0. The first-order valence-corrected chi connectivity index (χ1v) is 14.3. The van der Waals surface area contributed by atoms with Crippen LogP contribution in [-0.2, 0) is 9.47 Å². The van der Waals surface area contributed by atoms with Crippen LogP contribution in [0.25, 0.3) is 17.2 Å². The highest BCUT2D eigenvalue weighted by molar-refractivity contribution is 6.04. The average molecular weight is 598 g/mol. The lowest BCUT2D eigenvalue weighted by molar-refractivity contribution is -0.0497. The Morgan fingerprint density at radius 3 is 2.50 bits per heavy atom. The van der Waals surface area contributed by atoms with Crippen molar-refractivity contribution in [2.75, 3.05) is 18.4 Å². The molecule has 0 radical (unpaired) electrons. The van der Waals surface area contributed by atoms with Gasteiger partial charge in [0.2, 0.25) is 0 Å². The summed E-state index contributed by atoms with van der Waals surface area (Å²) in [6.07, 6.45) is 5.94. The van der Waals surface area contributed by atoms with E-state index in [1.54, 1.807) is 18.5 Å². The maximum atomic E-state index is 13.1. The minimum absolute atomic E-state index is 0.0691. The molecule has 4 aromatic rings. The third-order valence-electron chi connectivity index (χ3n) is 7.75. The number of hydrogen-bond donors (Lipinski definition) is 4. The molecule has 13 heteroatoms. The van der Waals surface area contributed by atoms with E-state index in [1.165, 1.54) is 18.5 Å². The topological polar surface area (TPSA) is 170 Å². The van der Waals surface area contributed by atoms with Crippen LogP contribution in [0.1, 0.15) is 45.7 Å². The number of anilines is 1. The highest BCUT2D eigenvalue weighted by Gasteiger charge is 2.52. The van der Waals surface area contributed by atoms with Crippen molar-refractivity contribution in [1.29, 1.82) is 0 Å². The molecule has 6 rings (SSSR count). The molecule has 2 aromatic heterocycles. The molecule has 3 amide bonds. The number of urea groups is 1. The second kappa shape index (κ2) is 12.6. The molecule has 0 spiro atoms. The summed E-state index contributed by atoms with van der Waals surface area (Å²) < 4.78 is 14.7. The Bertz CT molecular complexity index is 1710. The lowest BCUT2D eigenvalue weighted by Crippen LogP contribution is -2.35. The molecule has 13 nitrogen and oxygen atoms in total. The first kappa shape index (κ1) is 29.0. The predicted molar refractivity (Wildman–Crippen MR) is 160 cm³/mol. The lowest BCUT2D eigenvalue weighted by Gasteiger charge is -2.20. The third-order valence-corrected chi connectivity index (χ3v) is 7.75. The number of fused-ring (bicyclic) bond motifs is 2. The monoisotopic (exact) mass is 597 g/mol. The summed E-state index contributed by atoms with van der Waals surface area (Å²) in [6, 6.07) is 15.2. The molecule has 1 aliphatic carbocycles. The molecule has 4 N–H and O–H groups in total. The summed E-state index contributed by atoms with van der Waals surface area (Å²) in [4.78, 5) is 50.1. The van der Waals surface area contributed by atoms with E-state index >= 15 is 0 Å². The van der Waals surface area contributed by atoms with Crippen LogP contribution in [0.15, 0.2) is 73.3 Å². The van der Waals surface area contributed by atoms with Crippen molar-refractivity contribution in [3.63, 3.8) is 0 Å². The summed E-state index contributed by atoms with van der Waals surface area (Å²) in [5, 5.41) is 17.8. The molecule has 4 unspecified atom stereocenters. The number of ether oxygens (including phenoxy) is 2. The summed E-state index contributed by atoms with van der Waals surface area (Å²) in [5.41, 5.74) is 1.96. The number of aromatic nitrogens is 4. The summed E-state index contributed by atoms with van der Waals surface area (Å²) in [6.45, 7) is 2.50. The van der Waals surface area contributed by atoms with E-state index in [-0.39, 0.29) is 41.6 Å². The van der Waals surface area contributed by atoms with Gasteiger partial charge in [0.1, 0.15) is 12.4 Å². The van der Waals surface area contributed by atoms with Gasteiger partial charge in [0.25, 0.3) is 5.91 Å². The SMILES string of the molecule is CCNC(=O)Nc1ncnc2c1ncn2C1CC(CNC(=O)c2ccccc2C(=O)O)C2O[C@H](/C=C/c3ccccc3)OC21. The molecule has 226 valence electrons. The number of nitrogens with one attached hydrogen (secondary N) is 3. The number of hydrogen-bond acceptors (Lipinski definition) is 8. The molecule has 2 fully saturated rings. The van der Waals surface area contributed by atoms with Crippen LogP contribution in [0.5, 0.6) is 0 Å². The van der Waals surface area contributed by atoms with E-state index in [1.807, 2.05) is 54.0 Å². The van der Waals surface area contributed by atoms with Crippen molar-refractivity contribution in [2.24, 2.45) is 5.92 Å². The molecule has 0 bridgehead atoms. The van der Waals surface area contributed by atoms with Gasteiger partial charge in [0, 0.05) is 19.0 Å². The van der Waals surface area contributed by atoms with Crippen molar-refractivity contribution in [3.8, 4) is 0 Å². The number of aromatic carboxylic acids is 1. The van der Waals surface area contributed by atoms with Gasteiger partial charge in [-0.15, -0.1) is 0 Å². The van der Waals surface area contributed by atoms with Gasteiger partial charge in [-0.3, -0.25) is 10.1 Å². The smallest absolute Gasteiger partial charge is 0.336 e. The maximum Gasteiger partial charge on any atom is 0.336 e. The molecule has 44 heavy (non-hydrogen) atoms. The zero-order valence-electron chi connectivity index (χ0n) is 23.8. The molecule has 3 heterocycles. The second-order valence-electron chi connectivity index (χ2n) is 10.5. The van der Waals surface area contributed by atoms with Crippen molar-refractivity contribution >= 4 is 41.0 Å². The van der Waals surface area contributed by atoms with Crippen LogP contribution in [0, 0.1) is 5.92 Å². The number of carbonyl (C=O) groups is 3. The Morgan fingerprint density at radius 2 is 1.73 bits per heavy atom. The second-order valence-corrected chi connectivity index (χ2v) is 10.5. The number of nitrogens with zero attached hydrogens (tertiary/aromatic N) is 4. The van der Waals surface area contributed by atoms with Gasteiger partial charge in [-0.25, -0.2) is 24.5 Å². The normalized spacial score (nSPS) is 22.6. The Labute approximate surface area is 252 Å². The Hall–Kier alpha value is -5.14. The van der Waals surface area contributed by atoms with Crippen LogP contribution in [0.4, 0.5) is 10.6 Å². The van der Waals surface area contributed by atoms with Gasteiger partial charge < -0.3 is 29.8 Å². The van der Waals surface area contributed by atoms with Gasteiger partial charge in [0.05, 0.1) is 29.6 Å². The maximum absolute atomic E-state index is 13.1. The minimum Gasteiger partial charge on any atom is -0.478 e. The molecule has 2 aliphatic rings. The number of carboxylic acid groups (broad SMARTS) is 1. The van der Waals surface area contributed by atoms with E-state index < -0.39 is 30.3 Å². The standard InChI is InChI=1S/C31H31N7O6/c1-2-32-31(42)37-27-24-28(35-16-34-27)38(17-36-24)22-14-19(15-33-29(39)20-10-6-7-11-21(20)30(40)41)25-26(22)44-23(43-25)13-12-18-8-4-3-5-9-18/h3-13,16-17,19,22-23,25-26H,2,14-15H2,1H3,(H,33,39)(H,40,41)(H2,32,34,35,37,42)/b13-12+/t19?,22?,23-,25?,26?/m0/s1. The number of carbonyl (C=O) groups excluding carboxylic acids is 2. The first-order chi connectivity index (χ1) is 21.4. The molecular formula is C31H31N7O6. The van der Waals surface area contributed by atoms with E-state index in [4.69, 9.17) is 9.47 Å². The van der Waals surface area contributed by atoms with E-state index in [0.29, 0.717) is 24.1 Å². The van der Waals surface area contributed by atoms with Gasteiger partial charge >= 0.3 is 12.0 Å². The Balaban J connectivity index is 1.26. The average Bonchev–Trinajstić information content (AvgIpc) is 3.74. The molecule has 1 saturated carbocycles. The summed E-state index contributed by atoms with van der Waals surface area (Å²) in [7, 11) is 0. The molecule has 1 saturated heterocycles. The fourth-order valence-electron chi connectivity index (χ4n) is 5.77. The highest BCUT2D eigenvalue weighted by Crippen LogP contribution is 2.45. The number of benzene rings is 2. The summed E-state index contributed by atoms with van der Waals surface area (Å²) in [5.74, 6) is -1.55. The highest BCUT2D eigenvalue weighted by atomic mass is 16.7. The molecule has 1 aliphatic heterocycles. The van der Waals surface area contributed by atoms with Gasteiger partial charge in [-0.05, 0) is 37.1 Å². The zero-order valence-corrected chi connectivity index (χ0v) is 23.8.